The Bertz CT molecular complexity index is 334. The summed E-state index contributed by atoms with van der Waals surface area (Å²) in [6, 6.07) is 0. The molecule has 0 fully saturated rings. The Kier molecular flexibility index (Phi) is 5.57. The third-order valence-electron chi connectivity index (χ3n) is 1.82. The van der Waals surface area contributed by atoms with Gasteiger partial charge in [-0.25, -0.2) is 9.59 Å². The summed E-state index contributed by atoms with van der Waals surface area (Å²) in [5, 5.41) is 28.4. The summed E-state index contributed by atoms with van der Waals surface area (Å²) in [4.78, 5) is 32.4. The van der Waals surface area contributed by atoms with Gasteiger partial charge in [-0.3, -0.25) is 4.79 Å². The van der Waals surface area contributed by atoms with Crippen molar-refractivity contribution in [2.24, 2.45) is 5.92 Å². The van der Waals surface area contributed by atoms with Crippen LogP contribution < -0.4 is 5.32 Å². The van der Waals surface area contributed by atoms with Gasteiger partial charge in [0.1, 0.15) is 11.5 Å². The number of ether oxygens (including phenoxy) is 1. The number of alkyl carbamates (subject to hydrolysis) is 1. The monoisotopic (exact) mass is 263 g/mol. The van der Waals surface area contributed by atoms with E-state index in [0.717, 1.165) is 0 Å². The van der Waals surface area contributed by atoms with Gasteiger partial charge in [-0.05, 0) is 20.8 Å². The molecular weight excluding hydrogens is 246 g/mol. The summed E-state index contributed by atoms with van der Waals surface area (Å²) in [5.74, 6) is -4.84. The molecule has 0 aliphatic heterocycles. The lowest BCUT2D eigenvalue weighted by Crippen LogP contribution is -2.44. The van der Waals surface area contributed by atoms with Crippen molar-refractivity contribution >= 4 is 18.0 Å². The number of nitrogens with one attached hydrogen (secondary N) is 1. The molecule has 0 aliphatic rings. The van der Waals surface area contributed by atoms with E-state index < -0.39 is 42.2 Å². The van der Waals surface area contributed by atoms with E-state index in [1.165, 1.54) is 0 Å². The number of rotatable bonds is 5. The van der Waals surface area contributed by atoms with Crippen LogP contribution in [0.15, 0.2) is 0 Å². The topological polar surface area (TPSA) is 133 Å². The number of carboxylic acid groups (broad SMARTS) is 2. The maximum atomic E-state index is 11.2. The number of aliphatic hydroxyl groups excluding tert-OH is 1. The van der Waals surface area contributed by atoms with Gasteiger partial charge < -0.3 is 25.4 Å². The first-order valence-electron chi connectivity index (χ1n) is 5.15. The molecule has 0 saturated carbocycles. The molecule has 0 aromatic carbocycles. The molecule has 0 spiro atoms. The fraction of sp³-hybridized carbons (Fsp3) is 0.700. The highest BCUT2D eigenvalue weighted by Gasteiger charge is 2.32. The Labute approximate surface area is 104 Å². The fourth-order valence-corrected chi connectivity index (χ4v) is 1.01. The van der Waals surface area contributed by atoms with Gasteiger partial charge in [-0.2, -0.15) is 0 Å². The van der Waals surface area contributed by atoms with Crippen LogP contribution in [0.1, 0.15) is 20.8 Å². The number of aliphatic hydroxyl groups is 1. The molecule has 0 bridgehead atoms. The molecule has 0 saturated heterocycles. The van der Waals surface area contributed by atoms with Crippen molar-refractivity contribution in [3.8, 4) is 0 Å². The minimum atomic E-state index is -2.10. The summed E-state index contributed by atoms with van der Waals surface area (Å²) in [5.41, 5.74) is -0.756. The normalized spacial score (nSPS) is 14.4. The van der Waals surface area contributed by atoms with E-state index in [0.29, 0.717) is 0 Å². The zero-order valence-electron chi connectivity index (χ0n) is 10.3. The van der Waals surface area contributed by atoms with E-state index in [1.807, 2.05) is 0 Å². The van der Waals surface area contributed by atoms with Crippen molar-refractivity contribution in [2.75, 3.05) is 6.54 Å². The van der Waals surface area contributed by atoms with Crippen LogP contribution in [0.3, 0.4) is 0 Å². The smallest absolute Gasteiger partial charge is 0.407 e. The Morgan fingerprint density at radius 3 is 2.00 bits per heavy atom. The lowest BCUT2D eigenvalue weighted by Gasteiger charge is -2.21. The SMILES string of the molecule is CC(C)(C)OC(=O)NC[C@@H](C(=O)O)[C@H](O)C(=O)O. The Morgan fingerprint density at radius 1 is 1.17 bits per heavy atom. The molecule has 104 valence electrons. The van der Waals surface area contributed by atoms with E-state index in [4.69, 9.17) is 20.1 Å². The zero-order valence-corrected chi connectivity index (χ0v) is 10.3. The first kappa shape index (κ1) is 16.2. The van der Waals surface area contributed by atoms with Crippen LogP contribution in [0.25, 0.3) is 0 Å². The quantitative estimate of drug-likeness (QED) is 0.533. The molecule has 8 heteroatoms. The zero-order chi connectivity index (χ0) is 14.5. The van der Waals surface area contributed by atoms with Crippen LogP contribution >= 0.6 is 0 Å². The van der Waals surface area contributed by atoms with Crippen molar-refractivity contribution < 1.29 is 34.4 Å². The molecule has 0 radical (unpaired) electrons. The summed E-state index contributed by atoms with van der Waals surface area (Å²) < 4.78 is 4.84. The average Bonchev–Trinajstić information content (AvgIpc) is 2.13. The summed E-state index contributed by atoms with van der Waals surface area (Å²) in [6.07, 6.45) is -2.98. The van der Waals surface area contributed by atoms with Crippen molar-refractivity contribution in [3.63, 3.8) is 0 Å². The van der Waals surface area contributed by atoms with Crippen LogP contribution in [0.4, 0.5) is 4.79 Å². The van der Waals surface area contributed by atoms with Crippen LogP contribution in [-0.2, 0) is 14.3 Å². The van der Waals surface area contributed by atoms with E-state index in [9.17, 15) is 14.4 Å². The molecule has 0 rings (SSSR count). The molecule has 1 amide bonds. The highest BCUT2D eigenvalue weighted by atomic mass is 16.6. The molecular formula is C10H17NO7. The van der Waals surface area contributed by atoms with Crippen LogP contribution in [-0.4, -0.2) is 51.6 Å². The second kappa shape index (κ2) is 6.20. The predicted molar refractivity (Wildman–Crippen MR) is 59.0 cm³/mol. The number of carboxylic acids is 2. The average molecular weight is 263 g/mol. The highest BCUT2D eigenvalue weighted by molar-refractivity contribution is 5.82. The fourth-order valence-electron chi connectivity index (χ4n) is 1.01. The van der Waals surface area contributed by atoms with Crippen molar-refractivity contribution in [1.29, 1.82) is 0 Å². The molecule has 18 heavy (non-hydrogen) atoms. The van der Waals surface area contributed by atoms with Crippen molar-refractivity contribution in [3.05, 3.63) is 0 Å². The second-order valence-electron chi connectivity index (χ2n) is 4.61. The number of amides is 1. The highest BCUT2D eigenvalue weighted by Crippen LogP contribution is 2.08. The Hall–Kier alpha value is -1.83. The lowest BCUT2D eigenvalue weighted by atomic mass is 10.0. The number of carbonyl (C=O) groups excluding carboxylic acids is 1. The minimum Gasteiger partial charge on any atom is -0.481 e. The third-order valence-corrected chi connectivity index (χ3v) is 1.82. The molecule has 0 unspecified atom stereocenters. The van der Waals surface area contributed by atoms with Gasteiger partial charge >= 0.3 is 18.0 Å². The number of aliphatic carboxylic acids is 2. The van der Waals surface area contributed by atoms with Crippen LogP contribution in [0.2, 0.25) is 0 Å². The maximum absolute atomic E-state index is 11.2. The molecule has 0 aliphatic carbocycles. The van der Waals surface area contributed by atoms with Crippen LogP contribution in [0.5, 0.6) is 0 Å². The van der Waals surface area contributed by atoms with Crippen molar-refractivity contribution in [2.45, 2.75) is 32.5 Å². The molecule has 0 aromatic rings. The van der Waals surface area contributed by atoms with Gasteiger partial charge in [-0.1, -0.05) is 0 Å². The van der Waals surface area contributed by atoms with Gasteiger partial charge in [0.05, 0.1) is 0 Å². The minimum absolute atomic E-state index is 0.544. The van der Waals surface area contributed by atoms with E-state index >= 15 is 0 Å². The summed E-state index contributed by atoms with van der Waals surface area (Å²) in [6.45, 7) is 4.31. The third kappa shape index (κ3) is 6.04. The van der Waals surface area contributed by atoms with E-state index in [1.54, 1.807) is 20.8 Å². The molecule has 0 heterocycles. The number of hydrogen-bond acceptors (Lipinski definition) is 5. The molecule has 8 nitrogen and oxygen atoms in total. The van der Waals surface area contributed by atoms with Gasteiger partial charge in [0, 0.05) is 6.54 Å². The standard InChI is InChI=1S/C10H17NO7/c1-10(2,3)18-9(17)11-4-5(7(13)14)6(12)8(15)16/h5-6,12H,4H2,1-3H3,(H,11,17)(H,13,14)(H,15,16)/t5-,6+/m1/s1. The number of hydrogen-bond donors (Lipinski definition) is 4. The molecule has 0 aromatic heterocycles. The van der Waals surface area contributed by atoms with Gasteiger partial charge in [0.15, 0.2) is 6.10 Å². The summed E-state index contributed by atoms with van der Waals surface area (Å²) in [7, 11) is 0. The molecule has 4 N–H and O–H groups in total. The molecule has 2 atom stereocenters. The summed E-state index contributed by atoms with van der Waals surface area (Å²) >= 11 is 0. The van der Waals surface area contributed by atoms with Gasteiger partial charge in [-0.15, -0.1) is 0 Å². The largest absolute Gasteiger partial charge is 0.481 e. The van der Waals surface area contributed by atoms with Gasteiger partial charge in [0.25, 0.3) is 0 Å². The maximum Gasteiger partial charge on any atom is 0.407 e. The number of carbonyl (C=O) groups is 3. The first-order chi connectivity index (χ1) is 8.04. The Morgan fingerprint density at radius 2 is 1.67 bits per heavy atom. The van der Waals surface area contributed by atoms with Crippen molar-refractivity contribution in [1.82, 2.24) is 5.32 Å². The lowest BCUT2D eigenvalue weighted by molar-refractivity contribution is -0.159. The second-order valence-corrected chi connectivity index (χ2v) is 4.61. The van der Waals surface area contributed by atoms with Crippen LogP contribution in [0, 0.1) is 5.92 Å². The predicted octanol–water partition coefficient (Wildman–Crippen LogP) is -0.343. The van der Waals surface area contributed by atoms with E-state index in [-0.39, 0.29) is 0 Å². The van der Waals surface area contributed by atoms with Gasteiger partial charge in [0.2, 0.25) is 0 Å². The first-order valence-corrected chi connectivity index (χ1v) is 5.15. The van der Waals surface area contributed by atoms with E-state index in [2.05, 4.69) is 5.32 Å². The Balaban J connectivity index is 4.42.